The van der Waals surface area contributed by atoms with Crippen LogP contribution in [0.25, 0.3) is 0 Å². The maximum atomic E-state index is 12.3. The summed E-state index contributed by atoms with van der Waals surface area (Å²) in [6.45, 7) is 2.24. The molecule has 2 aliphatic heterocycles. The van der Waals surface area contributed by atoms with E-state index in [9.17, 15) is 4.79 Å². The van der Waals surface area contributed by atoms with E-state index in [0.717, 1.165) is 25.1 Å². The zero-order chi connectivity index (χ0) is 12.9. The summed E-state index contributed by atoms with van der Waals surface area (Å²) < 4.78 is 0. The van der Waals surface area contributed by atoms with E-state index in [4.69, 9.17) is 4.84 Å². The first-order chi connectivity index (χ1) is 9.28. The van der Waals surface area contributed by atoms with Gasteiger partial charge in [0.05, 0.1) is 6.04 Å². The highest BCUT2D eigenvalue weighted by Gasteiger charge is 2.60. The molecule has 19 heavy (non-hydrogen) atoms. The minimum Gasteiger partial charge on any atom is -0.321 e. The summed E-state index contributed by atoms with van der Waals surface area (Å²) in [5, 5.41) is 1.66. The molecule has 0 unspecified atom stereocenters. The number of rotatable bonds is 3. The Morgan fingerprint density at radius 1 is 1.21 bits per heavy atom. The fourth-order valence-corrected chi connectivity index (χ4v) is 3.39. The molecular formula is C15H18N2O2. The van der Waals surface area contributed by atoms with Crippen LogP contribution >= 0.6 is 0 Å². The van der Waals surface area contributed by atoms with E-state index >= 15 is 0 Å². The molecule has 1 aliphatic carbocycles. The summed E-state index contributed by atoms with van der Waals surface area (Å²) in [6.07, 6.45) is 3.66. The van der Waals surface area contributed by atoms with Crippen LogP contribution in [-0.2, 0) is 11.4 Å². The number of urea groups is 1. The number of hydrogen-bond donors (Lipinski definition) is 0. The van der Waals surface area contributed by atoms with E-state index in [-0.39, 0.29) is 12.1 Å². The Hall–Kier alpha value is -1.55. The van der Waals surface area contributed by atoms with Gasteiger partial charge in [0.15, 0.2) is 0 Å². The van der Waals surface area contributed by atoms with Crippen molar-refractivity contribution in [3.05, 3.63) is 35.9 Å². The monoisotopic (exact) mass is 258 g/mol. The maximum Gasteiger partial charge on any atom is 0.344 e. The highest BCUT2D eigenvalue weighted by atomic mass is 16.7. The van der Waals surface area contributed by atoms with Crippen molar-refractivity contribution in [3.8, 4) is 0 Å². The summed E-state index contributed by atoms with van der Waals surface area (Å²) in [6, 6.07) is 10.4. The van der Waals surface area contributed by atoms with Gasteiger partial charge >= 0.3 is 6.03 Å². The molecule has 0 N–H and O–H groups in total. The second kappa shape index (κ2) is 3.97. The van der Waals surface area contributed by atoms with Crippen molar-refractivity contribution in [2.45, 2.75) is 31.9 Å². The molecule has 0 radical (unpaired) electrons. The number of hydrogen-bond acceptors (Lipinski definition) is 2. The quantitative estimate of drug-likeness (QED) is 0.834. The number of piperidine rings is 1. The summed E-state index contributed by atoms with van der Waals surface area (Å²) in [5.41, 5.74) is 1.48. The number of nitrogens with zero attached hydrogens (tertiary/aromatic N) is 2. The highest BCUT2D eigenvalue weighted by Crippen LogP contribution is 2.57. The number of amides is 2. The molecule has 4 rings (SSSR count). The van der Waals surface area contributed by atoms with Crippen LogP contribution in [0.1, 0.15) is 24.8 Å². The Morgan fingerprint density at radius 3 is 2.74 bits per heavy atom. The van der Waals surface area contributed by atoms with Crippen molar-refractivity contribution < 1.29 is 9.63 Å². The highest BCUT2D eigenvalue weighted by molar-refractivity contribution is 5.77. The van der Waals surface area contributed by atoms with Gasteiger partial charge in [-0.05, 0) is 30.2 Å². The van der Waals surface area contributed by atoms with Gasteiger partial charge in [-0.1, -0.05) is 30.3 Å². The van der Waals surface area contributed by atoms with Crippen molar-refractivity contribution in [2.24, 2.45) is 5.41 Å². The van der Waals surface area contributed by atoms with E-state index in [1.807, 2.05) is 35.2 Å². The fourth-order valence-electron chi connectivity index (χ4n) is 3.39. The Bertz CT molecular complexity index is 498. The Balaban J connectivity index is 1.49. The lowest BCUT2D eigenvalue weighted by Crippen LogP contribution is -2.41. The van der Waals surface area contributed by atoms with Gasteiger partial charge in [-0.15, -0.1) is 0 Å². The Kier molecular flexibility index (Phi) is 2.36. The predicted octanol–water partition coefficient (Wildman–Crippen LogP) is 2.41. The van der Waals surface area contributed by atoms with E-state index in [2.05, 4.69) is 0 Å². The van der Waals surface area contributed by atoms with E-state index < -0.39 is 0 Å². The van der Waals surface area contributed by atoms with Crippen LogP contribution in [0.2, 0.25) is 0 Å². The van der Waals surface area contributed by atoms with Crippen molar-refractivity contribution in [2.75, 3.05) is 13.1 Å². The number of carbonyl (C=O) groups is 1. The Labute approximate surface area is 112 Å². The van der Waals surface area contributed by atoms with Crippen LogP contribution < -0.4 is 0 Å². The third kappa shape index (κ3) is 1.74. The van der Waals surface area contributed by atoms with Gasteiger partial charge in [-0.2, -0.15) is 5.06 Å². The molecule has 1 aromatic rings. The lowest BCUT2D eigenvalue weighted by atomic mass is 9.90. The third-order valence-electron chi connectivity index (χ3n) is 4.83. The second-order valence-electron chi connectivity index (χ2n) is 5.94. The molecule has 3 aliphatic rings. The normalized spacial score (nSPS) is 27.2. The third-order valence-corrected chi connectivity index (χ3v) is 4.83. The molecule has 1 aromatic carbocycles. The zero-order valence-electron chi connectivity index (χ0n) is 10.9. The predicted molar refractivity (Wildman–Crippen MR) is 70.1 cm³/mol. The lowest BCUT2D eigenvalue weighted by molar-refractivity contribution is -0.152. The van der Waals surface area contributed by atoms with Gasteiger partial charge in [0, 0.05) is 13.1 Å². The van der Waals surface area contributed by atoms with E-state index in [1.165, 1.54) is 12.8 Å². The van der Waals surface area contributed by atoms with Crippen molar-refractivity contribution >= 4 is 6.03 Å². The molecule has 1 saturated carbocycles. The average Bonchev–Trinajstić information content (AvgIpc) is 3.17. The Morgan fingerprint density at radius 2 is 2.00 bits per heavy atom. The smallest absolute Gasteiger partial charge is 0.321 e. The minimum absolute atomic E-state index is 0.0599. The molecule has 2 bridgehead atoms. The van der Waals surface area contributed by atoms with Crippen LogP contribution in [0, 0.1) is 5.41 Å². The molecule has 0 aromatic heterocycles. The molecule has 4 heteroatoms. The van der Waals surface area contributed by atoms with Gasteiger partial charge in [0.1, 0.15) is 6.61 Å². The van der Waals surface area contributed by atoms with Crippen LogP contribution in [0.5, 0.6) is 0 Å². The van der Waals surface area contributed by atoms with E-state index in [0.29, 0.717) is 12.0 Å². The summed E-state index contributed by atoms with van der Waals surface area (Å²) in [7, 11) is 0. The summed E-state index contributed by atoms with van der Waals surface area (Å²) >= 11 is 0. The van der Waals surface area contributed by atoms with E-state index in [1.54, 1.807) is 5.06 Å². The zero-order valence-corrected chi connectivity index (χ0v) is 10.9. The van der Waals surface area contributed by atoms with Gasteiger partial charge < -0.3 is 4.90 Å². The number of fused-ring (bicyclic) bond motifs is 3. The molecule has 1 spiro atoms. The van der Waals surface area contributed by atoms with Gasteiger partial charge in [0.25, 0.3) is 0 Å². The van der Waals surface area contributed by atoms with Crippen molar-refractivity contribution in [1.82, 2.24) is 9.96 Å². The molecule has 2 heterocycles. The molecule has 4 nitrogen and oxygen atoms in total. The van der Waals surface area contributed by atoms with Crippen LogP contribution in [-0.4, -0.2) is 35.1 Å². The van der Waals surface area contributed by atoms with Gasteiger partial charge in [0.2, 0.25) is 0 Å². The summed E-state index contributed by atoms with van der Waals surface area (Å²) in [5.74, 6) is 0. The largest absolute Gasteiger partial charge is 0.344 e. The van der Waals surface area contributed by atoms with Gasteiger partial charge in [-0.3, -0.25) is 4.84 Å². The average molecular weight is 258 g/mol. The van der Waals surface area contributed by atoms with Crippen molar-refractivity contribution in [1.29, 1.82) is 0 Å². The summed E-state index contributed by atoms with van der Waals surface area (Å²) in [4.78, 5) is 20.0. The topological polar surface area (TPSA) is 32.8 Å². The lowest BCUT2D eigenvalue weighted by Gasteiger charge is -2.31. The van der Waals surface area contributed by atoms with Crippen molar-refractivity contribution in [3.63, 3.8) is 0 Å². The molecule has 100 valence electrons. The first kappa shape index (κ1) is 11.3. The SMILES string of the molecule is O=C1N2CCC3(CC3)[C@H](C2)N1OCc1ccccc1. The fraction of sp³-hybridized carbons (Fsp3) is 0.533. The molecule has 2 amide bonds. The first-order valence-electron chi connectivity index (χ1n) is 7.04. The molecule has 3 fully saturated rings. The molecular weight excluding hydrogens is 240 g/mol. The van der Waals surface area contributed by atoms with Gasteiger partial charge in [-0.25, -0.2) is 4.79 Å². The number of carbonyl (C=O) groups excluding carboxylic acids is 1. The number of benzene rings is 1. The standard InChI is InChI=1S/C15H18N2O2/c18-14-16-9-8-15(6-7-15)13(10-16)17(14)19-11-12-4-2-1-3-5-12/h1-5,13H,6-11H2/t13-/m0/s1. The second-order valence-corrected chi connectivity index (χ2v) is 5.94. The minimum atomic E-state index is 0.0599. The van der Waals surface area contributed by atoms with Crippen LogP contribution in [0.4, 0.5) is 4.79 Å². The molecule has 1 atom stereocenters. The van der Waals surface area contributed by atoms with Crippen LogP contribution in [0.15, 0.2) is 30.3 Å². The maximum absolute atomic E-state index is 12.3. The molecule has 2 saturated heterocycles. The van der Waals surface area contributed by atoms with Crippen LogP contribution in [0.3, 0.4) is 0 Å². The number of hydroxylamine groups is 2. The first-order valence-corrected chi connectivity index (χ1v) is 7.04.